The van der Waals surface area contributed by atoms with Crippen molar-refractivity contribution in [3.8, 4) is 0 Å². The van der Waals surface area contributed by atoms with Gasteiger partial charge in [-0.2, -0.15) is 0 Å². The summed E-state index contributed by atoms with van der Waals surface area (Å²) in [5.41, 5.74) is 4.14. The third kappa shape index (κ3) is 5.49. The van der Waals surface area contributed by atoms with Crippen molar-refractivity contribution in [3.05, 3.63) is 57.9 Å². The van der Waals surface area contributed by atoms with Crippen LogP contribution in [0.4, 0.5) is 5.13 Å². The molecule has 4 rings (SSSR count). The molecule has 1 aliphatic rings. The highest BCUT2D eigenvalue weighted by molar-refractivity contribution is 8.01. The number of hydrogen-bond donors (Lipinski definition) is 0. The Bertz CT molecular complexity index is 1040. The lowest BCUT2D eigenvalue weighted by atomic mass is 10.1. The van der Waals surface area contributed by atoms with Crippen LogP contribution in [0, 0.1) is 13.8 Å². The van der Waals surface area contributed by atoms with Crippen LogP contribution in [0.3, 0.4) is 0 Å². The average molecular weight is 477 g/mol. The summed E-state index contributed by atoms with van der Waals surface area (Å²) in [6.45, 7) is 8.01. The number of rotatable bonds is 8. The first-order valence-corrected chi connectivity index (χ1v) is 12.4. The van der Waals surface area contributed by atoms with Crippen LogP contribution >= 0.6 is 34.7 Å². The van der Waals surface area contributed by atoms with Crippen molar-refractivity contribution in [2.45, 2.75) is 31.2 Å². The van der Waals surface area contributed by atoms with E-state index in [0.29, 0.717) is 19.0 Å². The topological polar surface area (TPSA) is 60.3 Å². The smallest absolute Gasteiger partial charge is 0.209 e. The lowest BCUT2D eigenvalue weighted by molar-refractivity contribution is 0.102. The monoisotopic (exact) mass is 476 g/mol. The zero-order chi connectivity index (χ0) is 21.8. The molecule has 0 saturated carbocycles. The molecule has 3 aromatic rings. The third-order valence-corrected chi connectivity index (χ3v) is 7.78. The van der Waals surface area contributed by atoms with Gasteiger partial charge in [-0.3, -0.25) is 4.79 Å². The minimum Gasteiger partial charge on any atom is -0.378 e. The number of hydrogen-bond acceptors (Lipinski definition) is 7. The number of ketones is 1. The van der Waals surface area contributed by atoms with E-state index in [2.05, 4.69) is 26.6 Å². The minimum absolute atomic E-state index is 0.124. The fraction of sp³-hybridized carbons (Fsp3) is 0.409. The largest absolute Gasteiger partial charge is 0.378 e. The van der Waals surface area contributed by atoms with E-state index in [1.165, 1.54) is 17.3 Å². The highest BCUT2D eigenvalue weighted by Gasteiger charge is 2.19. The van der Waals surface area contributed by atoms with E-state index in [4.69, 9.17) is 16.3 Å². The van der Waals surface area contributed by atoms with Gasteiger partial charge in [0.15, 0.2) is 10.1 Å². The van der Waals surface area contributed by atoms with E-state index in [9.17, 15) is 4.79 Å². The van der Waals surface area contributed by atoms with Gasteiger partial charge in [0, 0.05) is 41.6 Å². The first-order valence-electron chi connectivity index (χ1n) is 10.2. The molecular formula is C22H25ClN4O2S2. The third-order valence-electron chi connectivity index (χ3n) is 5.42. The number of aryl methyl sites for hydroxylation is 2. The van der Waals surface area contributed by atoms with Gasteiger partial charge in [-0.15, -0.1) is 10.2 Å². The molecule has 0 amide bonds. The molecule has 3 heterocycles. The number of benzene rings is 1. The molecule has 6 nitrogen and oxygen atoms in total. The Balaban J connectivity index is 1.36. The van der Waals surface area contributed by atoms with Gasteiger partial charge in [0.2, 0.25) is 5.13 Å². The standard InChI is InChI=1S/C22H25ClN4O2S2/c1-15-13-19(16(2)27(15)8-7-17-3-5-18(23)6-4-17)20(28)14-30-22-25-24-21(31-22)26-9-11-29-12-10-26/h3-6,13H,7-12,14H2,1-2H3. The predicted octanol–water partition coefficient (Wildman–Crippen LogP) is 4.66. The Labute approximate surface area is 195 Å². The molecule has 1 saturated heterocycles. The zero-order valence-electron chi connectivity index (χ0n) is 17.6. The summed E-state index contributed by atoms with van der Waals surface area (Å²) >= 11 is 8.97. The van der Waals surface area contributed by atoms with Crippen LogP contribution in [0.2, 0.25) is 5.02 Å². The van der Waals surface area contributed by atoms with Gasteiger partial charge >= 0.3 is 0 Å². The summed E-state index contributed by atoms with van der Waals surface area (Å²) in [6.07, 6.45) is 0.894. The maximum Gasteiger partial charge on any atom is 0.209 e. The molecule has 1 aromatic carbocycles. The Morgan fingerprint density at radius 2 is 1.94 bits per heavy atom. The van der Waals surface area contributed by atoms with Crippen LogP contribution in [0.15, 0.2) is 34.7 Å². The lowest BCUT2D eigenvalue weighted by Gasteiger charge is -2.25. The number of nitrogens with zero attached hydrogens (tertiary/aromatic N) is 4. The summed E-state index contributed by atoms with van der Waals surface area (Å²) in [7, 11) is 0. The lowest BCUT2D eigenvalue weighted by Crippen LogP contribution is -2.36. The molecule has 1 fully saturated rings. The van der Waals surface area contributed by atoms with Crippen LogP contribution in [0.25, 0.3) is 0 Å². The SMILES string of the molecule is Cc1cc(C(=O)CSc2nnc(N3CCOCC3)s2)c(C)n1CCc1ccc(Cl)cc1. The number of thioether (sulfide) groups is 1. The first-order chi connectivity index (χ1) is 15.0. The number of carbonyl (C=O) groups excluding carboxylic acids is 1. The molecule has 31 heavy (non-hydrogen) atoms. The zero-order valence-corrected chi connectivity index (χ0v) is 20.0. The predicted molar refractivity (Wildman–Crippen MR) is 127 cm³/mol. The van der Waals surface area contributed by atoms with Crippen molar-refractivity contribution < 1.29 is 9.53 Å². The van der Waals surface area contributed by atoms with Crippen molar-refractivity contribution in [2.75, 3.05) is 37.0 Å². The number of Topliss-reactive ketones (excluding diaryl/α,β-unsaturated/α-hetero) is 1. The summed E-state index contributed by atoms with van der Waals surface area (Å²) in [5, 5.41) is 10.2. The quantitative estimate of drug-likeness (QED) is 0.348. The number of aromatic nitrogens is 3. The second-order valence-corrected chi connectivity index (χ2v) is 10.1. The number of halogens is 1. The highest BCUT2D eigenvalue weighted by Crippen LogP contribution is 2.29. The van der Waals surface area contributed by atoms with Gasteiger partial charge < -0.3 is 14.2 Å². The second kappa shape index (κ2) is 10.2. The average Bonchev–Trinajstić information content (AvgIpc) is 3.37. The normalized spacial score (nSPS) is 14.2. The van der Waals surface area contributed by atoms with Gasteiger partial charge in [-0.25, -0.2) is 0 Å². The van der Waals surface area contributed by atoms with Crippen molar-refractivity contribution in [1.82, 2.24) is 14.8 Å². The van der Waals surface area contributed by atoms with Crippen molar-refractivity contribution in [3.63, 3.8) is 0 Å². The van der Waals surface area contributed by atoms with E-state index in [1.807, 2.05) is 37.3 Å². The van der Waals surface area contributed by atoms with E-state index < -0.39 is 0 Å². The molecular weight excluding hydrogens is 452 g/mol. The molecule has 0 aliphatic carbocycles. The van der Waals surface area contributed by atoms with Crippen LogP contribution in [0.1, 0.15) is 27.3 Å². The highest BCUT2D eigenvalue weighted by atomic mass is 35.5. The summed E-state index contributed by atoms with van der Waals surface area (Å²) in [5.74, 6) is 0.484. The summed E-state index contributed by atoms with van der Waals surface area (Å²) in [6, 6.07) is 9.92. The Kier molecular flexibility index (Phi) is 7.32. The molecule has 0 atom stereocenters. The van der Waals surface area contributed by atoms with Gasteiger partial charge in [0.25, 0.3) is 0 Å². The fourth-order valence-electron chi connectivity index (χ4n) is 3.67. The van der Waals surface area contributed by atoms with Crippen molar-refractivity contribution >= 4 is 45.6 Å². The Hall–Kier alpha value is -1.87. The second-order valence-electron chi connectivity index (χ2n) is 7.47. The van der Waals surface area contributed by atoms with Crippen LogP contribution in [-0.2, 0) is 17.7 Å². The maximum atomic E-state index is 12.9. The number of anilines is 1. The first kappa shape index (κ1) is 22.3. The van der Waals surface area contributed by atoms with Gasteiger partial charge in [-0.05, 0) is 44.0 Å². The van der Waals surface area contributed by atoms with Crippen molar-refractivity contribution in [2.24, 2.45) is 0 Å². The molecule has 0 spiro atoms. The molecule has 164 valence electrons. The molecule has 0 bridgehead atoms. The molecule has 2 aromatic heterocycles. The molecule has 0 radical (unpaired) electrons. The van der Waals surface area contributed by atoms with Gasteiger partial charge in [-0.1, -0.05) is 46.8 Å². The number of morpholine rings is 1. The summed E-state index contributed by atoms with van der Waals surface area (Å²) < 4.78 is 8.43. The van der Waals surface area contributed by atoms with Crippen molar-refractivity contribution in [1.29, 1.82) is 0 Å². The maximum absolute atomic E-state index is 12.9. The Morgan fingerprint density at radius 1 is 1.19 bits per heavy atom. The van der Waals surface area contributed by atoms with Crippen LogP contribution in [0.5, 0.6) is 0 Å². The molecule has 0 unspecified atom stereocenters. The molecule has 1 aliphatic heterocycles. The van der Waals surface area contributed by atoms with Crippen LogP contribution in [-0.4, -0.2) is 52.6 Å². The van der Waals surface area contributed by atoms with Crippen LogP contribution < -0.4 is 4.90 Å². The van der Waals surface area contributed by atoms with E-state index in [1.54, 1.807) is 11.3 Å². The van der Waals surface area contributed by atoms with Gasteiger partial charge in [0.05, 0.1) is 19.0 Å². The number of carbonyl (C=O) groups is 1. The fourth-order valence-corrected chi connectivity index (χ4v) is 5.57. The van der Waals surface area contributed by atoms with E-state index in [-0.39, 0.29) is 5.78 Å². The van der Waals surface area contributed by atoms with Gasteiger partial charge in [0.1, 0.15) is 0 Å². The van der Waals surface area contributed by atoms with E-state index >= 15 is 0 Å². The molecule has 9 heteroatoms. The summed E-state index contributed by atoms with van der Waals surface area (Å²) in [4.78, 5) is 15.1. The minimum atomic E-state index is 0.124. The Morgan fingerprint density at radius 3 is 2.68 bits per heavy atom. The molecule has 0 N–H and O–H groups in total. The van der Waals surface area contributed by atoms with E-state index in [0.717, 1.165) is 57.5 Å². The number of ether oxygens (including phenoxy) is 1.